The number of alkyl halides is 3. The van der Waals surface area contributed by atoms with E-state index in [0.29, 0.717) is 0 Å². The van der Waals surface area contributed by atoms with Crippen molar-refractivity contribution in [3.8, 4) is 0 Å². The van der Waals surface area contributed by atoms with E-state index in [1.165, 1.54) is 5.56 Å². The summed E-state index contributed by atoms with van der Waals surface area (Å²) in [5.41, 5.74) is 1.20. The van der Waals surface area contributed by atoms with Gasteiger partial charge >= 0.3 is 0 Å². The molecule has 4 heteroatoms. The van der Waals surface area contributed by atoms with E-state index >= 15 is 0 Å². The SMILES string of the molecule is Cc1ccccc1P=CC(Cl)(Cl)Cl. The second-order valence-corrected chi connectivity index (χ2v) is 5.95. The van der Waals surface area contributed by atoms with Crippen LogP contribution in [-0.4, -0.2) is 9.59 Å². The fourth-order valence-corrected chi connectivity index (χ4v) is 2.03. The molecule has 1 aromatic rings. The van der Waals surface area contributed by atoms with Gasteiger partial charge in [-0.3, -0.25) is 0 Å². The van der Waals surface area contributed by atoms with Gasteiger partial charge in [0, 0.05) is 5.30 Å². The summed E-state index contributed by atoms with van der Waals surface area (Å²) in [6, 6.07) is 8.02. The molecule has 0 aliphatic heterocycles. The molecule has 70 valence electrons. The number of aryl methyl sites for hydroxylation is 1. The molecule has 0 aliphatic rings. The lowest BCUT2D eigenvalue weighted by Crippen LogP contribution is -2.04. The number of halogens is 3. The lowest BCUT2D eigenvalue weighted by atomic mass is 10.2. The molecular weight excluding hydrogens is 245 g/mol. The van der Waals surface area contributed by atoms with Gasteiger partial charge in [-0.15, -0.1) is 0 Å². The van der Waals surface area contributed by atoms with E-state index in [1.54, 1.807) is 5.80 Å². The monoisotopic (exact) mass is 252 g/mol. The summed E-state index contributed by atoms with van der Waals surface area (Å²) < 4.78 is -1.27. The zero-order valence-corrected chi connectivity index (χ0v) is 10.1. The highest BCUT2D eigenvalue weighted by Crippen LogP contribution is 2.25. The first kappa shape index (κ1) is 11.3. The van der Waals surface area contributed by atoms with Crippen molar-refractivity contribution in [2.24, 2.45) is 0 Å². The maximum absolute atomic E-state index is 5.60. The van der Waals surface area contributed by atoms with E-state index in [-0.39, 0.29) is 0 Å². The predicted octanol–water partition coefficient (Wildman–Crippen LogP) is 3.74. The quantitative estimate of drug-likeness (QED) is 0.528. The molecular formula is C9H8Cl3P. The van der Waals surface area contributed by atoms with Gasteiger partial charge < -0.3 is 0 Å². The maximum Gasteiger partial charge on any atom is 0.213 e. The minimum absolute atomic E-state index is 0.934. The Hall–Kier alpha value is 0.260. The zero-order chi connectivity index (χ0) is 9.90. The van der Waals surface area contributed by atoms with Crippen molar-refractivity contribution in [2.45, 2.75) is 10.7 Å². The molecule has 0 aromatic heterocycles. The molecule has 0 radical (unpaired) electrons. The maximum atomic E-state index is 5.60. The fourth-order valence-electron chi connectivity index (χ4n) is 0.851. The van der Waals surface area contributed by atoms with E-state index in [4.69, 9.17) is 34.8 Å². The lowest BCUT2D eigenvalue weighted by molar-refractivity contribution is 1.52. The molecule has 0 amide bonds. The second kappa shape index (κ2) is 4.66. The van der Waals surface area contributed by atoms with Gasteiger partial charge in [-0.25, -0.2) is 0 Å². The number of hydrogen-bond donors (Lipinski definition) is 0. The molecule has 0 atom stereocenters. The smallest absolute Gasteiger partial charge is 0.0787 e. The van der Waals surface area contributed by atoms with E-state index in [0.717, 1.165) is 13.5 Å². The Balaban J connectivity index is 2.86. The molecule has 0 aliphatic carbocycles. The minimum atomic E-state index is -1.27. The third kappa shape index (κ3) is 4.33. The number of rotatable bonds is 1. The van der Waals surface area contributed by atoms with Crippen LogP contribution >= 0.6 is 43.0 Å². The van der Waals surface area contributed by atoms with Gasteiger partial charge in [0.2, 0.25) is 3.79 Å². The Morgan fingerprint density at radius 1 is 1.23 bits per heavy atom. The van der Waals surface area contributed by atoms with Crippen molar-refractivity contribution < 1.29 is 0 Å². The van der Waals surface area contributed by atoms with E-state index < -0.39 is 3.79 Å². The van der Waals surface area contributed by atoms with Crippen molar-refractivity contribution in [3.05, 3.63) is 29.8 Å². The van der Waals surface area contributed by atoms with Crippen molar-refractivity contribution in [1.82, 2.24) is 0 Å². The van der Waals surface area contributed by atoms with Crippen molar-refractivity contribution in [1.29, 1.82) is 0 Å². The molecule has 1 rings (SSSR count). The van der Waals surface area contributed by atoms with Gasteiger partial charge in [0.25, 0.3) is 0 Å². The van der Waals surface area contributed by atoms with Gasteiger partial charge in [-0.05, 0) is 18.3 Å². The first-order valence-corrected chi connectivity index (χ1v) is 5.76. The molecule has 0 heterocycles. The van der Waals surface area contributed by atoms with Gasteiger partial charge in [0.1, 0.15) is 0 Å². The molecule has 13 heavy (non-hydrogen) atoms. The van der Waals surface area contributed by atoms with Gasteiger partial charge in [-0.2, -0.15) is 0 Å². The van der Waals surface area contributed by atoms with Crippen LogP contribution < -0.4 is 5.30 Å². The van der Waals surface area contributed by atoms with Crippen LogP contribution in [0.5, 0.6) is 0 Å². The van der Waals surface area contributed by atoms with Gasteiger partial charge in [-0.1, -0.05) is 67.3 Å². The Kier molecular flexibility index (Phi) is 4.06. The Bertz CT molecular complexity index is 315. The molecule has 0 unspecified atom stereocenters. The van der Waals surface area contributed by atoms with Crippen molar-refractivity contribution >= 4 is 54.1 Å². The Morgan fingerprint density at radius 3 is 2.38 bits per heavy atom. The lowest BCUT2D eigenvalue weighted by Gasteiger charge is -2.03. The van der Waals surface area contributed by atoms with Crippen LogP contribution in [0.1, 0.15) is 5.56 Å². The van der Waals surface area contributed by atoms with E-state index in [2.05, 4.69) is 0 Å². The molecule has 0 fully saturated rings. The van der Waals surface area contributed by atoms with E-state index in [9.17, 15) is 0 Å². The third-order valence-corrected chi connectivity index (χ3v) is 3.55. The fraction of sp³-hybridized carbons (Fsp3) is 0.222. The third-order valence-electron chi connectivity index (χ3n) is 1.47. The van der Waals surface area contributed by atoms with Crippen molar-refractivity contribution in [3.63, 3.8) is 0 Å². The minimum Gasteiger partial charge on any atom is -0.0787 e. The summed E-state index contributed by atoms with van der Waals surface area (Å²) in [4.78, 5) is 0. The molecule has 0 bridgehead atoms. The average molecular weight is 253 g/mol. The summed E-state index contributed by atoms with van der Waals surface area (Å²) >= 11 is 16.8. The normalized spacial score (nSPS) is 12.3. The summed E-state index contributed by atoms with van der Waals surface area (Å²) in [6.07, 6.45) is 0. The Labute approximate surface area is 94.6 Å². The standard InChI is InChI=1S/C9H8Cl3P/c1-7-4-2-3-5-8(7)13-6-9(10,11)12/h2-6H,1H3. The molecule has 0 saturated carbocycles. The van der Waals surface area contributed by atoms with Crippen LogP contribution in [0, 0.1) is 6.92 Å². The van der Waals surface area contributed by atoms with Gasteiger partial charge in [0.05, 0.1) is 0 Å². The Morgan fingerprint density at radius 2 is 1.85 bits per heavy atom. The first-order chi connectivity index (χ1) is 5.99. The van der Waals surface area contributed by atoms with E-state index in [1.807, 2.05) is 31.2 Å². The summed E-state index contributed by atoms with van der Waals surface area (Å²) in [5.74, 6) is 1.64. The second-order valence-electron chi connectivity index (χ2n) is 2.59. The summed E-state index contributed by atoms with van der Waals surface area (Å²) in [6.45, 7) is 2.04. The highest BCUT2D eigenvalue weighted by atomic mass is 35.6. The average Bonchev–Trinajstić information content (AvgIpc) is 2.01. The largest absolute Gasteiger partial charge is 0.213 e. The van der Waals surface area contributed by atoms with Crippen LogP contribution in [0.25, 0.3) is 0 Å². The summed E-state index contributed by atoms with van der Waals surface area (Å²) in [5, 5.41) is 1.16. The van der Waals surface area contributed by atoms with Crippen LogP contribution in [0.2, 0.25) is 0 Å². The molecule has 0 saturated heterocycles. The highest BCUT2D eigenvalue weighted by molar-refractivity contribution is 7.48. The highest BCUT2D eigenvalue weighted by Gasteiger charge is 2.14. The molecule has 0 nitrogen and oxygen atoms in total. The molecule has 1 aromatic carbocycles. The van der Waals surface area contributed by atoms with Crippen LogP contribution in [0.15, 0.2) is 24.3 Å². The van der Waals surface area contributed by atoms with Crippen LogP contribution in [0.3, 0.4) is 0 Å². The summed E-state index contributed by atoms with van der Waals surface area (Å²) in [7, 11) is 0.934. The van der Waals surface area contributed by atoms with Crippen LogP contribution in [-0.2, 0) is 0 Å². The predicted molar refractivity (Wildman–Crippen MR) is 64.1 cm³/mol. The molecule has 0 N–H and O–H groups in total. The number of hydrogen-bond acceptors (Lipinski definition) is 0. The number of benzene rings is 1. The van der Waals surface area contributed by atoms with Gasteiger partial charge in [0.15, 0.2) is 0 Å². The zero-order valence-electron chi connectivity index (χ0n) is 6.97. The van der Waals surface area contributed by atoms with Crippen molar-refractivity contribution in [2.75, 3.05) is 0 Å². The van der Waals surface area contributed by atoms with Crippen LogP contribution in [0.4, 0.5) is 0 Å². The topological polar surface area (TPSA) is 0 Å². The molecule has 0 spiro atoms. The first-order valence-electron chi connectivity index (χ1n) is 3.66.